The van der Waals surface area contributed by atoms with Gasteiger partial charge >= 0.3 is 0 Å². The van der Waals surface area contributed by atoms with Crippen molar-refractivity contribution in [2.24, 2.45) is 10.8 Å². The monoisotopic (exact) mass is 380 g/mol. The average molecular weight is 381 g/mol. The first-order chi connectivity index (χ1) is 12.8. The smallest absolute Gasteiger partial charge is 0.229 e. The van der Waals surface area contributed by atoms with E-state index in [1.807, 2.05) is 79.7 Å². The molecule has 0 unspecified atom stereocenters. The molecule has 0 aliphatic heterocycles. The van der Waals surface area contributed by atoms with Gasteiger partial charge in [0.25, 0.3) is 0 Å². The first-order valence-corrected chi connectivity index (χ1v) is 9.63. The summed E-state index contributed by atoms with van der Waals surface area (Å²) in [5.74, 6) is -0.00345. The number of amides is 2. The van der Waals surface area contributed by atoms with Crippen LogP contribution in [-0.2, 0) is 9.59 Å². The van der Waals surface area contributed by atoms with Crippen LogP contribution in [-0.4, -0.2) is 11.8 Å². The van der Waals surface area contributed by atoms with E-state index in [9.17, 15) is 9.59 Å². The van der Waals surface area contributed by atoms with Crippen molar-refractivity contribution in [1.82, 2.24) is 0 Å². The van der Waals surface area contributed by atoms with Gasteiger partial charge in [0.15, 0.2) is 0 Å². The lowest BCUT2D eigenvalue weighted by molar-refractivity contribution is -0.123. The zero-order valence-electron chi connectivity index (χ0n) is 18.3. The molecule has 0 heterocycles. The number of nitrogens with one attached hydrogen (secondary N) is 2. The van der Waals surface area contributed by atoms with Gasteiger partial charge in [-0.2, -0.15) is 0 Å². The Morgan fingerprint density at radius 1 is 0.643 bits per heavy atom. The molecule has 4 heteroatoms. The van der Waals surface area contributed by atoms with Gasteiger partial charge in [0.05, 0.1) is 0 Å². The van der Waals surface area contributed by atoms with E-state index in [0.29, 0.717) is 0 Å². The van der Waals surface area contributed by atoms with Gasteiger partial charge in [-0.25, -0.2) is 0 Å². The number of carbonyl (C=O) groups is 2. The van der Waals surface area contributed by atoms with Gasteiger partial charge in [-0.15, -0.1) is 0 Å². The third kappa shape index (κ3) is 5.22. The Hall–Kier alpha value is -2.62. The number of hydrogen-bond acceptors (Lipinski definition) is 2. The molecule has 0 spiro atoms. The van der Waals surface area contributed by atoms with Crippen molar-refractivity contribution in [1.29, 1.82) is 0 Å². The normalized spacial score (nSPS) is 11.9. The molecule has 28 heavy (non-hydrogen) atoms. The van der Waals surface area contributed by atoms with Gasteiger partial charge in [0, 0.05) is 22.2 Å². The van der Waals surface area contributed by atoms with Crippen molar-refractivity contribution in [2.45, 2.75) is 55.4 Å². The molecule has 2 amide bonds. The van der Waals surface area contributed by atoms with E-state index in [1.54, 1.807) is 0 Å². The minimum absolute atomic E-state index is 0.00172. The minimum atomic E-state index is -0.435. The molecule has 0 fully saturated rings. The van der Waals surface area contributed by atoms with Gasteiger partial charge in [-0.05, 0) is 60.4 Å². The molecule has 150 valence electrons. The second kappa shape index (κ2) is 7.78. The van der Waals surface area contributed by atoms with Crippen LogP contribution in [0, 0.1) is 24.7 Å². The number of carbonyl (C=O) groups excluding carboxylic acids is 2. The molecular formula is C24H32N2O2. The highest BCUT2D eigenvalue weighted by atomic mass is 16.2. The van der Waals surface area contributed by atoms with Gasteiger partial charge in [0.2, 0.25) is 11.8 Å². The van der Waals surface area contributed by atoms with E-state index in [0.717, 1.165) is 33.6 Å². The van der Waals surface area contributed by atoms with Gasteiger partial charge in [0.1, 0.15) is 0 Å². The maximum atomic E-state index is 12.2. The summed E-state index contributed by atoms with van der Waals surface area (Å²) in [6, 6.07) is 12.0. The standard InChI is InChI=1S/C24H32N2O2/c1-15-13-17(9-11-19(15)25-21(27)23(3,4)5)18-10-12-20(16(2)14-18)26-22(28)24(6,7)8/h9-14H,1-8H3,(H,25,27)(H,26,28). The van der Waals surface area contributed by atoms with Crippen molar-refractivity contribution in [3.05, 3.63) is 47.5 Å². The molecule has 2 aromatic carbocycles. The summed E-state index contributed by atoms with van der Waals surface area (Å²) in [6.45, 7) is 15.4. The molecule has 0 aliphatic carbocycles. The second-order valence-electron chi connectivity index (χ2n) is 9.47. The van der Waals surface area contributed by atoms with E-state index in [-0.39, 0.29) is 11.8 Å². The Morgan fingerprint density at radius 2 is 0.964 bits per heavy atom. The fraction of sp³-hybridized carbons (Fsp3) is 0.417. The van der Waals surface area contributed by atoms with Crippen LogP contribution in [0.5, 0.6) is 0 Å². The van der Waals surface area contributed by atoms with Gasteiger partial charge < -0.3 is 10.6 Å². The molecule has 2 rings (SSSR count). The molecule has 0 atom stereocenters. The molecule has 2 N–H and O–H groups in total. The zero-order chi connectivity index (χ0) is 21.3. The Labute approximate surface area is 168 Å². The van der Waals surface area contributed by atoms with E-state index < -0.39 is 10.8 Å². The fourth-order valence-corrected chi connectivity index (χ4v) is 2.59. The summed E-state index contributed by atoms with van der Waals surface area (Å²) in [5, 5.41) is 6.00. The topological polar surface area (TPSA) is 58.2 Å². The van der Waals surface area contributed by atoms with Crippen LogP contribution in [0.3, 0.4) is 0 Å². The Kier molecular flexibility index (Phi) is 6.03. The van der Waals surface area contributed by atoms with Crippen molar-refractivity contribution < 1.29 is 9.59 Å². The molecule has 0 bridgehead atoms. The Balaban J connectivity index is 2.24. The molecule has 0 saturated heterocycles. The highest BCUT2D eigenvalue weighted by molar-refractivity contribution is 5.96. The molecule has 0 radical (unpaired) electrons. The average Bonchev–Trinajstić information content (AvgIpc) is 2.56. The molecular weight excluding hydrogens is 348 g/mol. The number of anilines is 2. The quantitative estimate of drug-likeness (QED) is 0.692. The zero-order valence-corrected chi connectivity index (χ0v) is 18.3. The van der Waals surface area contributed by atoms with Crippen LogP contribution in [0.25, 0.3) is 11.1 Å². The van der Waals surface area contributed by atoms with E-state index in [1.165, 1.54) is 0 Å². The van der Waals surface area contributed by atoms with Crippen LogP contribution in [0.15, 0.2) is 36.4 Å². The lowest BCUT2D eigenvalue weighted by atomic mass is 9.94. The van der Waals surface area contributed by atoms with Crippen molar-refractivity contribution >= 4 is 23.2 Å². The lowest BCUT2D eigenvalue weighted by Crippen LogP contribution is -2.28. The van der Waals surface area contributed by atoms with Crippen LogP contribution in [0.1, 0.15) is 52.7 Å². The lowest BCUT2D eigenvalue weighted by Gasteiger charge is -2.20. The van der Waals surface area contributed by atoms with Crippen molar-refractivity contribution in [3.63, 3.8) is 0 Å². The molecule has 4 nitrogen and oxygen atoms in total. The SMILES string of the molecule is Cc1cc(-c2ccc(NC(=O)C(C)(C)C)c(C)c2)ccc1NC(=O)C(C)(C)C. The summed E-state index contributed by atoms with van der Waals surface area (Å²) in [4.78, 5) is 24.5. The highest BCUT2D eigenvalue weighted by Crippen LogP contribution is 2.29. The van der Waals surface area contributed by atoms with E-state index in [4.69, 9.17) is 0 Å². The second-order valence-corrected chi connectivity index (χ2v) is 9.47. The van der Waals surface area contributed by atoms with E-state index in [2.05, 4.69) is 22.8 Å². The van der Waals surface area contributed by atoms with Gasteiger partial charge in [-0.3, -0.25) is 9.59 Å². The van der Waals surface area contributed by atoms with Crippen LogP contribution in [0.4, 0.5) is 11.4 Å². The van der Waals surface area contributed by atoms with Crippen LogP contribution in [0.2, 0.25) is 0 Å². The maximum Gasteiger partial charge on any atom is 0.229 e. The summed E-state index contributed by atoms with van der Waals surface area (Å²) in [7, 11) is 0. The highest BCUT2D eigenvalue weighted by Gasteiger charge is 2.22. The van der Waals surface area contributed by atoms with Crippen molar-refractivity contribution in [2.75, 3.05) is 10.6 Å². The summed E-state index contributed by atoms with van der Waals surface area (Å²) in [6.07, 6.45) is 0. The Morgan fingerprint density at radius 3 is 1.21 bits per heavy atom. The Bertz CT molecular complexity index is 824. The first-order valence-electron chi connectivity index (χ1n) is 9.63. The molecule has 0 aliphatic rings. The third-order valence-corrected chi connectivity index (χ3v) is 4.64. The maximum absolute atomic E-state index is 12.2. The number of aryl methyl sites for hydroxylation is 2. The number of rotatable bonds is 3. The first kappa shape index (κ1) is 21.7. The van der Waals surface area contributed by atoms with Gasteiger partial charge in [-0.1, -0.05) is 53.7 Å². The fourth-order valence-electron chi connectivity index (χ4n) is 2.59. The minimum Gasteiger partial charge on any atom is -0.325 e. The predicted octanol–water partition coefficient (Wildman–Crippen LogP) is 5.94. The summed E-state index contributed by atoms with van der Waals surface area (Å²) in [5.41, 5.74) is 4.95. The number of hydrogen-bond donors (Lipinski definition) is 2. The largest absolute Gasteiger partial charge is 0.325 e. The molecule has 0 saturated carbocycles. The molecule has 0 aromatic heterocycles. The van der Waals surface area contributed by atoms with Crippen molar-refractivity contribution in [3.8, 4) is 11.1 Å². The molecule has 2 aromatic rings. The third-order valence-electron chi connectivity index (χ3n) is 4.64. The summed E-state index contributed by atoms with van der Waals surface area (Å²) >= 11 is 0. The van der Waals surface area contributed by atoms with Crippen LogP contribution < -0.4 is 10.6 Å². The summed E-state index contributed by atoms with van der Waals surface area (Å²) < 4.78 is 0. The predicted molar refractivity (Wildman–Crippen MR) is 118 cm³/mol. The van der Waals surface area contributed by atoms with E-state index >= 15 is 0 Å². The van der Waals surface area contributed by atoms with Crippen LogP contribution >= 0.6 is 0 Å². The number of benzene rings is 2.